The lowest BCUT2D eigenvalue weighted by molar-refractivity contribution is -0.142. The predicted octanol–water partition coefficient (Wildman–Crippen LogP) is 12.0. The number of hydrogen-bond acceptors (Lipinski definition) is 3. The monoisotopic (exact) mass is 700 g/mol. The smallest absolute Gasteiger partial charge is 0.308 e. The minimum Gasteiger partial charge on any atom is -0.308 e. The van der Waals surface area contributed by atoms with Crippen molar-refractivity contribution in [3.8, 4) is 51.0 Å². The fraction of sp³-hybridized carbons (Fsp3) is 0.0714. The quantitative estimate of drug-likeness (QED) is 0.168. The number of benzene rings is 6. The van der Waals surface area contributed by atoms with Gasteiger partial charge in [0.15, 0.2) is 17.5 Å². The SMILES string of the molecule is Cc1ccc2c3ccccc3n(-c3cc(-c4ccc(C(F)(F)F)cc4C(F)(F)F)ccc3-c3nc(-c4ccccc4)nc(-c4ccccc4)n3)c2c1. The van der Waals surface area contributed by atoms with Crippen LogP contribution in [0.3, 0.4) is 0 Å². The van der Waals surface area contributed by atoms with Crippen LogP contribution in [0.15, 0.2) is 140 Å². The molecule has 10 heteroatoms. The molecule has 0 N–H and O–H groups in total. The van der Waals surface area contributed by atoms with Gasteiger partial charge in [0.2, 0.25) is 0 Å². The second-order valence-corrected chi connectivity index (χ2v) is 12.4. The summed E-state index contributed by atoms with van der Waals surface area (Å²) in [6.07, 6.45) is -10.0. The van der Waals surface area contributed by atoms with Crippen LogP contribution < -0.4 is 0 Å². The maximum atomic E-state index is 14.5. The maximum absolute atomic E-state index is 14.5. The molecular weight excluding hydrogens is 674 g/mol. The normalized spacial score (nSPS) is 12.1. The number of para-hydroxylation sites is 1. The number of aromatic nitrogens is 4. The summed E-state index contributed by atoms with van der Waals surface area (Å²) in [7, 11) is 0. The lowest BCUT2D eigenvalue weighted by Crippen LogP contribution is -2.12. The van der Waals surface area contributed by atoms with Crippen LogP contribution in [0.25, 0.3) is 72.8 Å². The largest absolute Gasteiger partial charge is 0.417 e. The Morgan fingerprint density at radius 2 is 1.04 bits per heavy atom. The van der Waals surface area contributed by atoms with Crippen molar-refractivity contribution in [1.29, 1.82) is 0 Å². The van der Waals surface area contributed by atoms with Gasteiger partial charge in [-0.05, 0) is 60.0 Å². The molecule has 0 bridgehead atoms. The number of hydrogen-bond donors (Lipinski definition) is 0. The first-order valence-electron chi connectivity index (χ1n) is 16.3. The Kier molecular flexibility index (Phi) is 7.90. The molecule has 0 aliphatic carbocycles. The van der Waals surface area contributed by atoms with Crippen molar-refractivity contribution in [1.82, 2.24) is 19.5 Å². The van der Waals surface area contributed by atoms with E-state index in [1.807, 2.05) is 115 Å². The minimum atomic E-state index is -5.07. The van der Waals surface area contributed by atoms with Gasteiger partial charge >= 0.3 is 12.4 Å². The highest BCUT2D eigenvalue weighted by Crippen LogP contribution is 2.43. The summed E-state index contributed by atoms with van der Waals surface area (Å²) in [6.45, 7) is 1.95. The number of aryl methyl sites for hydroxylation is 1. The summed E-state index contributed by atoms with van der Waals surface area (Å²) < 4.78 is 86.3. The Balaban J connectivity index is 1.46. The summed E-state index contributed by atoms with van der Waals surface area (Å²) in [4.78, 5) is 14.6. The molecule has 0 amide bonds. The van der Waals surface area contributed by atoms with Gasteiger partial charge in [-0.2, -0.15) is 26.3 Å². The lowest BCUT2D eigenvalue weighted by Gasteiger charge is -2.19. The lowest BCUT2D eigenvalue weighted by atomic mass is 9.95. The van der Waals surface area contributed by atoms with Crippen LogP contribution in [-0.4, -0.2) is 19.5 Å². The fourth-order valence-electron chi connectivity index (χ4n) is 6.55. The zero-order chi connectivity index (χ0) is 36.2. The predicted molar refractivity (Wildman–Crippen MR) is 191 cm³/mol. The number of alkyl halides is 6. The maximum Gasteiger partial charge on any atom is 0.417 e. The molecule has 256 valence electrons. The van der Waals surface area contributed by atoms with Crippen molar-refractivity contribution in [2.45, 2.75) is 19.3 Å². The highest BCUT2D eigenvalue weighted by molar-refractivity contribution is 6.10. The summed E-state index contributed by atoms with van der Waals surface area (Å²) >= 11 is 0. The van der Waals surface area contributed by atoms with Crippen LogP contribution >= 0.6 is 0 Å². The van der Waals surface area contributed by atoms with Crippen LogP contribution in [0.1, 0.15) is 16.7 Å². The molecule has 0 aliphatic heterocycles. The Hall–Kier alpha value is -6.29. The molecule has 2 aromatic heterocycles. The molecule has 0 unspecified atom stereocenters. The van der Waals surface area contributed by atoms with Gasteiger partial charge in [0, 0.05) is 27.5 Å². The van der Waals surface area contributed by atoms with E-state index in [4.69, 9.17) is 15.0 Å². The summed E-state index contributed by atoms with van der Waals surface area (Å²) in [5, 5.41) is 1.82. The van der Waals surface area contributed by atoms with E-state index >= 15 is 0 Å². The molecule has 0 spiro atoms. The van der Waals surface area contributed by atoms with E-state index in [0.29, 0.717) is 29.0 Å². The van der Waals surface area contributed by atoms with E-state index in [2.05, 4.69) is 0 Å². The van der Waals surface area contributed by atoms with E-state index in [1.165, 1.54) is 6.07 Å². The third kappa shape index (κ3) is 5.96. The Bertz CT molecular complexity index is 2550. The minimum absolute atomic E-state index is 0.0685. The van der Waals surface area contributed by atoms with Gasteiger partial charge in [-0.15, -0.1) is 0 Å². The van der Waals surface area contributed by atoms with Gasteiger partial charge in [0.25, 0.3) is 0 Å². The third-order valence-electron chi connectivity index (χ3n) is 8.97. The van der Waals surface area contributed by atoms with Crippen molar-refractivity contribution in [3.05, 3.63) is 156 Å². The van der Waals surface area contributed by atoms with Crippen molar-refractivity contribution in [2.75, 3.05) is 0 Å². The first kappa shape index (κ1) is 32.9. The third-order valence-corrected chi connectivity index (χ3v) is 8.97. The molecule has 0 aliphatic rings. The summed E-state index contributed by atoms with van der Waals surface area (Å²) in [5.74, 6) is 1.04. The van der Waals surface area contributed by atoms with Gasteiger partial charge in [-0.25, -0.2) is 15.0 Å². The average molecular weight is 701 g/mol. The molecule has 0 fully saturated rings. The zero-order valence-corrected chi connectivity index (χ0v) is 27.3. The fourth-order valence-corrected chi connectivity index (χ4v) is 6.55. The van der Waals surface area contributed by atoms with Crippen LogP contribution in [0.2, 0.25) is 0 Å². The molecule has 0 radical (unpaired) electrons. The van der Waals surface area contributed by atoms with Crippen LogP contribution in [-0.2, 0) is 12.4 Å². The van der Waals surface area contributed by atoms with Gasteiger partial charge in [-0.1, -0.05) is 103 Å². The molecular formula is C42H26F6N4. The molecule has 0 atom stereocenters. The first-order valence-corrected chi connectivity index (χ1v) is 16.3. The Morgan fingerprint density at radius 3 is 1.67 bits per heavy atom. The van der Waals surface area contributed by atoms with E-state index in [0.717, 1.165) is 44.6 Å². The van der Waals surface area contributed by atoms with Crippen molar-refractivity contribution >= 4 is 21.8 Å². The molecule has 0 saturated heterocycles. The Morgan fingerprint density at radius 1 is 0.462 bits per heavy atom. The average Bonchev–Trinajstić information content (AvgIpc) is 3.47. The molecule has 2 heterocycles. The topological polar surface area (TPSA) is 43.6 Å². The van der Waals surface area contributed by atoms with Crippen molar-refractivity contribution in [3.63, 3.8) is 0 Å². The second kappa shape index (κ2) is 12.5. The summed E-state index contributed by atoms with van der Waals surface area (Å²) in [5.41, 5.74) is 1.78. The molecule has 8 aromatic rings. The Labute approximate surface area is 293 Å². The van der Waals surface area contributed by atoms with Crippen molar-refractivity contribution < 1.29 is 26.3 Å². The van der Waals surface area contributed by atoms with Crippen LogP contribution in [0.5, 0.6) is 0 Å². The molecule has 4 nitrogen and oxygen atoms in total. The molecule has 6 aromatic carbocycles. The molecule has 0 saturated carbocycles. The van der Waals surface area contributed by atoms with Crippen molar-refractivity contribution in [2.24, 2.45) is 0 Å². The van der Waals surface area contributed by atoms with Crippen LogP contribution in [0, 0.1) is 6.92 Å². The van der Waals surface area contributed by atoms with Gasteiger partial charge in [-0.3, -0.25) is 0 Å². The molecule has 8 rings (SSSR count). The van der Waals surface area contributed by atoms with E-state index in [1.54, 1.807) is 12.1 Å². The number of rotatable bonds is 5. The van der Waals surface area contributed by atoms with Gasteiger partial charge in [0.1, 0.15) is 0 Å². The van der Waals surface area contributed by atoms with E-state index in [9.17, 15) is 26.3 Å². The van der Waals surface area contributed by atoms with E-state index < -0.39 is 29.0 Å². The number of halogens is 6. The summed E-state index contributed by atoms with van der Waals surface area (Å²) in [6, 6.07) is 38.7. The first-order chi connectivity index (χ1) is 25.0. The zero-order valence-electron chi connectivity index (χ0n) is 27.3. The standard InChI is InChI=1S/C42H26F6N4/c1-25-16-19-32-31-14-8-9-15-35(31)52(36(32)22-25)37-23-28(30-21-18-29(41(43,44)45)24-34(30)42(46,47)48)17-20-33(37)40-50-38(26-10-4-2-5-11-26)49-39(51-40)27-12-6-3-7-13-27/h2-24H,1H3. The van der Waals surface area contributed by atoms with Gasteiger partial charge in [0.05, 0.1) is 27.8 Å². The van der Waals surface area contributed by atoms with Crippen LogP contribution in [0.4, 0.5) is 26.3 Å². The number of fused-ring (bicyclic) bond motifs is 3. The van der Waals surface area contributed by atoms with E-state index in [-0.39, 0.29) is 17.5 Å². The highest BCUT2D eigenvalue weighted by atomic mass is 19.4. The second-order valence-electron chi connectivity index (χ2n) is 12.4. The molecule has 52 heavy (non-hydrogen) atoms. The highest BCUT2D eigenvalue weighted by Gasteiger charge is 2.38. The number of nitrogens with zero attached hydrogens (tertiary/aromatic N) is 4. The van der Waals surface area contributed by atoms with Gasteiger partial charge < -0.3 is 4.57 Å².